The van der Waals surface area contributed by atoms with Crippen LogP contribution in [0.1, 0.15) is 61.8 Å². The highest BCUT2D eigenvalue weighted by molar-refractivity contribution is 7.14. The summed E-state index contributed by atoms with van der Waals surface area (Å²) in [4.78, 5) is 31.1. The lowest BCUT2D eigenvalue weighted by atomic mass is 10.00. The minimum Gasteiger partial charge on any atom is -0.487 e. The van der Waals surface area contributed by atoms with Crippen molar-refractivity contribution >= 4 is 34.5 Å². The van der Waals surface area contributed by atoms with Crippen molar-refractivity contribution in [2.45, 2.75) is 45.1 Å². The van der Waals surface area contributed by atoms with Gasteiger partial charge in [-0.2, -0.15) is 0 Å². The van der Waals surface area contributed by atoms with Crippen molar-refractivity contribution in [1.29, 1.82) is 0 Å². The van der Waals surface area contributed by atoms with Crippen molar-refractivity contribution in [3.8, 4) is 5.75 Å². The van der Waals surface area contributed by atoms with Crippen LogP contribution in [-0.2, 0) is 19.4 Å². The maximum Gasteiger partial charge on any atom is 0.279 e. The molecule has 1 aliphatic rings. The fourth-order valence-electron chi connectivity index (χ4n) is 3.40. The van der Waals surface area contributed by atoms with Crippen LogP contribution in [0.5, 0.6) is 5.75 Å². The maximum atomic E-state index is 12.5. The molecule has 30 heavy (non-hydrogen) atoms. The summed E-state index contributed by atoms with van der Waals surface area (Å²) in [5, 5.41) is 1.91. The predicted octanol–water partition coefficient (Wildman–Crippen LogP) is 4.52. The maximum absolute atomic E-state index is 12.5. The quantitative estimate of drug-likeness (QED) is 0.571. The summed E-state index contributed by atoms with van der Waals surface area (Å²) in [6.45, 7) is 0.342. The van der Waals surface area contributed by atoms with Crippen LogP contribution in [0.2, 0.25) is 0 Å². The van der Waals surface area contributed by atoms with Crippen molar-refractivity contribution in [3.63, 3.8) is 0 Å². The molecule has 0 aliphatic heterocycles. The van der Waals surface area contributed by atoms with Crippen molar-refractivity contribution in [2.24, 2.45) is 0 Å². The summed E-state index contributed by atoms with van der Waals surface area (Å²) in [5.74, 6) is -0.103. The fourth-order valence-corrected chi connectivity index (χ4v) is 5.09. The van der Waals surface area contributed by atoms with E-state index >= 15 is 0 Å². The molecule has 0 saturated carbocycles. The van der Waals surface area contributed by atoms with E-state index in [-0.39, 0.29) is 5.91 Å². The molecule has 2 N–H and O–H groups in total. The summed E-state index contributed by atoms with van der Waals surface area (Å²) in [6, 6.07) is 8.81. The minimum atomic E-state index is -0.391. The second kappa shape index (κ2) is 9.86. The molecule has 2 aromatic heterocycles. The van der Waals surface area contributed by atoms with Crippen molar-refractivity contribution in [3.05, 3.63) is 67.8 Å². The highest BCUT2D eigenvalue weighted by atomic mass is 32.1. The van der Waals surface area contributed by atoms with E-state index < -0.39 is 5.91 Å². The van der Waals surface area contributed by atoms with Crippen LogP contribution >= 0.6 is 22.7 Å². The van der Waals surface area contributed by atoms with Crippen molar-refractivity contribution in [1.82, 2.24) is 15.8 Å². The summed E-state index contributed by atoms with van der Waals surface area (Å²) in [5.41, 5.74) is 9.31. The number of ether oxygens (including phenoxy) is 1. The molecular formula is C22H23N3O3S2. The van der Waals surface area contributed by atoms with E-state index in [4.69, 9.17) is 4.74 Å². The van der Waals surface area contributed by atoms with E-state index in [1.807, 2.05) is 11.4 Å². The van der Waals surface area contributed by atoms with Gasteiger partial charge in [0, 0.05) is 15.8 Å². The number of hydrogen-bond acceptors (Lipinski definition) is 6. The number of carbonyl (C=O) groups excluding carboxylic acids is 2. The van der Waals surface area contributed by atoms with E-state index in [1.165, 1.54) is 58.8 Å². The molecule has 6 nitrogen and oxygen atoms in total. The third-order valence-corrected chi connectivity index (χ3v) is 6.85. The van der Waals surface area contributed by atoms with Crippen molar-refractivity contribution in [2.75, 3.05) is 0 Å². The number of carbonyl (C=O) groups is 2. The van der Waals surface area contributed by atoms with E-state index in [0.717, 1.165) is 18.5 Å². The molecule has 3 aromatic rings. The second-order valence-corrected chi connectivity index (χ2v) is 9.03. The number of aromatic nitrogens is 1. The van der Waals surface area contributed by atoms with Crippen LogP contribution in [-0.4, -0.2) is 16.8 Å². The Kier molecular flexibility index (Phi) is 6.76. The molecular weight excluding hydrogens is 418 g/mol. The number of aryl methyl sites for hydroxylation is 2. The van der Waals surface area contributed by atoms with Gasteiger partial charge in [-0.15, -0.1) is 22.7 Å². The number of thiophene rings is 1. The van der Waals surface area contributed by atoms with Gasteiger partial charge in [0.15, 0.2) is 0 Å². The number of fused-ring (bicyclic) bond motifs is 1. The van der Waals surface area contributed by atoms with Gasteiger partial charge in [-0.25, -0.2) is 4.98 Å². The van der Waals surface area contributed by atoms with E-state index in [2.05, 4.69) is 15.8 Å². The zero-order chi connectivity index (χ0) is 20.8. The highest BCUT2D eigenvalue weighted by Crippen LogP contribution is 2.28. The number of hydrogen-bond donors (Lipinski definition) is 2. The molecule has 8 heteroatoms. The molecule has 0 atom stereocenters. The number of thiazole rings is 1. The van der Waals surface area contributed by atoms with Crippen LogP contribution < -0.4 is 15.6 Å². The molecule has 1 aliphatic carbocycles. The molecule has 0 spiro atoms. The number of nitrogens with zero attached hydrogens (tertiary/aromatic N) is 1. The van der Waals surface area contributed by atoms with E-state index in [9.17, 15) is 9.59 Å². The van der Waals surface area contributed by atoms with Gasteiger partial charge in [-0.3, -0.25) is 20.4 Å². The molecule has 0 radical (unpaired) electrons. The highest BCUT2D eigenvalue weighted by Gasteiger charge is 2.17. The average molecular weight is 442 g/mol. The van der Waals surface area contributed by atoms with E-state index in [1.54, 1.807) is 29.8 Å². The molecule has 0 unspecified atom stereocenters. The Morgan fingerprint density at radius 2 is 1.87 bits per heavy atom. The summed E-state index contributed by atoms with van der Waals surface area (Å²) in [7, 11) is 0. The zero-order valence-corrected chi connectivity index (χ0v) is 18.1. The molecule has 0 fully saturated rings. The topological polar surface area (TPSA) is 80.3 Å². The normalized spacial score (nSPS) is 13.6. The first-order chi connectivity index (χ1) is 14.7. The van der Waals surface area contributed by atoms with Gasteiger partial charge >= 0.3 is 0 Å². The Bertz CT molecular complexity index is 989. The Labute approximate surface area is 183 Å². The fraction of sp³-hybridized carbons (Fsp3) is 0.318. The zero-order valence-electron chi connectivity index (χ0n) is 16.5. The van der Waals surface area contributed by atoms with Crippen molar-refractivity contribution < 1.29 is 14.3 Å². The van der Waals surface area contributed by atoms with Crippen LogP contribution in [0.25, 0.3) is 0 Å². The van der Waals surface area contributed by atoms with Gasteiger partial charge in [0.2, 0.25) is 0 Å². The minimum absolute atomic E-state index is 0.281. The van der Waals surface area contributed by atoms with Crippen LogP contribution in [0.3, 0.4) is 0 Å². The second-order valence-electron chi connectivity index (χ2n) is 7.18. The average Bonchev–Trinajstić information content (AvgIpc) is 3.40. The van der Waals surface area contributed by atoms with Crippen LogP contribution in [0.15, 0.2) is 41.2 Å². The van der Waals surface area contributed by atoms with Gasteiger partial charge in [-0.1, -0.05) is 18.9 Å². The Morgan fingerprint density at radius 3 is 2.70 bits per heavy atom. The SMILES string of the molecule is O=C(NNC(=O)c1cc2c(s1)CCCCCC2)c1cccc(OCc2cscn2)c1. The third kappa shape index (κ3) is 5.25. The van der Waals surface area contributed by atoms with Crippen LogP contribution in [0, 0.1) is 0 Å². The van der Waals surface area contributed by atoms with Gasteiger partial charge in [-0.05, 0) is 55.5 Å². The van der Waals surface area contributed by atoms with Gasteiger partial charge < -0.3 is 4.74 Å². The van der Waals surface area contributed by atoms with Crippen LogP contribution in [0.4, 0.5) is 0 Å². The largest absolute Gasteiger partial charge is 0.487 e. The lowest BCUT2D eigenvalue weighted by Crippen LogP contribution is -2.41. The molecule has 4 rings (SSSR count). The number of hydrazine groups is 1. The standard InChI is InChI=1S/C22H23N3O3S2/c26-21(16-7-5-8-18(10-16)28-12-17-13-29-14-23-17)24-25-22(27)20-11-15-6-3-1-2-4-9-19(15)30-20/h5,7-8,10-11,13-14H,1-4,6,9,12H2,(H,24,26)(H,25,27). The molecule has 0 saturated heterocycles. The van der Waals surface area contributed by atoms with E-state index in [0.29, 0.717) is 22.8 Å². The summed E-state index contributed by atoms with van der Waals surface area (Å²) >= 11 is 3.04. The molecule has 156 valence electrons. The summed E-state index contributed by atoms with van der Waals surface area (Å²) < 4.78 is 5.68. The molecule has 2 heterocycles. The lowest BCUT2D eigenvalue weighted by Gasteiger charge is -2.08. The first kappa shape index (κ1) is 20.6. The molecule has 1 aromatic carbocycles. The first-order valence-corrected chi connectivity index (χ1v) is 11.8. The Morgan fingerprint density at radius 1 is 1.03 bits per heavy atom. The van der Waals surface area contributed by atoms with Gasteiger partial charge in [0.25, 0.3) is 11.8 Å². The predicted molar refractivity (Wildman–Crippen MR) is 118 cm³/mol. The number of rotatable bonds is 5. The van der Waals surface area contributed by atoms with Gasteiger partial charge in [0.05, 0.1) is 16.1 Å². The number of benzene rings is 1. The summed E-state index contributed by atoms with van der Waals surface area (Å²) in [6.07, 6.45) is 6.90. The Hall–Kier alpha value is -2.71. The number of amides is 2. The Balaban J connectivity index is 1.33. The smallest absolute Gasteiger partial charge is 0.279 e. The number of nitrogens with one attached hydrogen (secondary N) is 2. The lowest BCUT2D eigenvalue weighted by molar-refractivity contribution is 0.0848. The van der Waals surface area contributed by atoms with Gasteiger partial charge in [0.1, 0.15) is 12.4 Å². The molecule has 2 amide bonds. The third-order valence-electron chi connectivity index (χ3n) is 4.98. The monoisotopic (exact) mass is 441 g/mol. The molecule has 0 bridgehead atoms. The first-order valence-electron chi connectivity index (χ1n) is 10.0.